The van der Waals surface area contributed by atoms with Gasteiger partial charge in [-0.1, -0.05) is 0 Å². The Kier molecular flexibility index (Phi) is 2.41. The van der Waals surface area contributed by atoms with Crippen molar-refractivity contribution >= 4 is 10.9 Å². The Bertz CT molecular complexity index is 581. The Balaban J connectivity index is 2.79. The van der Waals surface area contributed by atoms with Gasteiger partial charge >= 0.3 is 0 Å². The number of nitrogens with zero attached hydrogens (tertiary/aromatic N) is 3. The Hall–Kier alpha value is -2.22. The van der Waals surface area contributed by atoms with E-state index in [1.54, 1.807) is 38.1 Å². The first-order valence-electron chi connectivity index (χ1n) is 4.70. The van der Waals surface area contributed by atoms with Crippen LogP contribution >= 0.6 is 0 Å². The number of nitriles is 1. The molecule has 0 aliphatic carbocycles. The summed E-state index contributed by atoms with van der Waals surface area (Å²) in [6, 6.07) is 5.63. The molecule has 0 aliphatic heterocycles. The van der Waals surface area contributed by atoms with E-state index in [2.05, 4.69) is 11.2 Å². The smallest absolute Gasteiger partial charge is 0.162 e. The van der Waals surface area contributed by atoms with E-state index in [0.29, 0.717) is 17.2 Å². The molecule has 0 aliphatic rings. The number of rotatable bonds is 2. The van der Waals surface area contributed by atoms with Gasteiger partial charge < -0.3 is 9.47 Å². The van der Waals surface area contributed by atoms with Gasteiger partial charge in [-0.3, -0.25) is 4.68 Å². The summed E-state index contributed by atoms with van der Waals surface area (Å²) in [6.07, 6.45) is 0. The predicted octanol–water partition coefficient (Wildman–Crippen LogP) is 1.46. The summed E-state index contributed by atoms with van der Waals surface area (Å²) in [6.45, 7) is 0. The Labute approximate surface area is 92.8 Å². The SMILES string of the molecule is COc1cc2nn(C)c(C#N)c2cc1OC. The first kappa shape index (κ1) is 10.3. The summed E-state index contributed by atoms with van der Waals surface area (Å²) in [5.41, 5.74) is 1.23. The molecule has 0 atom stereocenters. The summed E-state index contributed by atoms with van der Waals surface area (Å²) in [7, 11) is 4.86. The third-order valence-electron chi connectivity index (χ3n) is 2.44. The minimum absolute atomic E-state index is 0.510. The summed E-state index contributed by atoms with van der Waals surface area (Å²) in [4.78, 5) is 0. The summed E-state index contributed by atoms with van der Waals surface area (Å²) >= 11 is 0. The fourth-order valence-electron chi connectivity index (χ4n) is 1.66. The topological polar surface area (TPSA) is 60.1 Å². The maximum atomic E-state index is 9.01. The van der Waals surface area contributed by atoms with Crippen LogP contribution in [0.4, 0.5) is 0 Å². The highest BCUT2D eigenvalue weighted by molar-refractivity contribution is 5.87. The highest BCUT2D eigenvalue weighted by atomic mass is 16.5. The van der Waals surface area contributed by atoms with Crippen LogP contribution in [0.15, 0.2) is 12.1 Å². The van der Waals surface area contributed by atoms with Crippen LogP contribution in [0.2, 0.25) is 0 Å². The second-order valence-corrected chi connectivity index (χ2v) is 3.31. The molecule has 1 heterocycles. The van der Waals surface area contributed by atoms with Crippen molar-refractivity contribution in [1.82, 2.24) is 9.78 Å². The standard InChI is InChI=1S/C11H11N3O2/c1-14-9(6-12)7-4-10(15-2)11(16-3)5-8(7)13-14/h4-5H,1-3H3. The lowest BCUT2D eigenvalue weighted by Gasteiger charge is -2.06. The van der Waals surface area contributed by atoms with Crippen LogP contribution in [0.5, 0.6) is 11.5 Å². The van der Waals surface area contributed by atoms with Crippen LogP contribution < -0.4 is 9.47 Å². The van der Waals surface area contributed by atoms with Crippen LogP contribution in [0.25, 0.3) is 10.9 Å². The third-order valence-corrected chi connectivity index (χ3v) is 2.44. The molecule has 82 valence electrons. The van der Waals surface area contributed by atoms with Gasteiger partial charge in [0.15, 0.2) is 11.5 Å². The second-order valence-electron chi connectivity index (χ2n) is 3.31. The zero-order chi connectivity index (χ0) is 11.7. The normalized spacial score (nSPS) is 10.1. The minimum atomic E-state index is 0.510. The molecule has 16 heavy (non-hydrogen) atoms. The molecule has 1 aromatic heterocycles. The first-order valence-corrected chi connectivity index (χ1v) is 4.70. The number of fused-ring (bicyclic) bond motifs is 1. The zero-order valence-electron chi connectivity index (χ0n) is 9.31. The van der Waals surface area contributed by atoms with Crippen molar-refractivity contribution in [3.63, 3.8) is 0 Å². The van der Waals surface area contributed by atoms with Gasteiger partial charge in [0.25, 0.3) is 0 Å². The third kappa shape index (κ3) is 1.36. The lowest BCUT2D eigenvalue weighted by atomic mass is 10.2. The van der Waals surface area contributed by atoms with Crippen molar-refractivity contribution in [2.24, 2.45) is 7.05 Å². The lowest BCUT2D eigenvalue weighted by molar-refractivity contribution is 0.356. The molecule has 5 heteroatoms. The van der Waals surface area contributed by atoms with E-state index in [1.807, 2.05) is 0 Å². The van der Waals surface area contributed by atoms with Crippen LogP contribution in [0.3, 0.4) is 0 Å². The molecule has 0 saturated carbocycles. The van der Waals surface area contributed by atoms with Crippen molar-refractivity contribution in [1.29, 1.82) is 5.26 Å². The van der Waals surface area contributed by atoms with Crippen LogP contribution in [0.1, 0.15) is 5.69 Å². The molecule has 0 unspecified atom stereocenters. The van der Waals surface area contributed by atoms with E-state index in [9.17, 15) is 0 Å². The molecule has 0 saturated heterocycles. The molecule has 2 rings (SSSR count). The van der Waals surface area contributed by atoms with Gasteiger partial charge in [0, 0.05) is 18.5 Å². The van der Waals surface area contributed by atoms with Crippen molar-refractivity contribution < 1.29 is 9.47 Å². The van der Waals surface area contributed by atoms with E-state index in [4.69, 9.17) is 14.7 Å². The van der Waals surface area contributed by atoms with E-state index < -0.39 is 0 Å². The van der Waals surface area contributed by atoms with Gasteiger partial charge in [0.1, 0.15) is 11.8 Å². The average molecular weight is 217 g/mol. The molecular formula is C11H11N3O2. The minimum Gasteiger partial charge on any atom is -0.493 e. The molecule has 0 N–H and O–H groups in total. The number of methoxy groups -OCH3 is 2. The predicted molar refractivity (Wildman–Crippen MR) is 58.5 cm³/mol. The van der Waals surface area contributed by atoms with E-state index >= 15 is 0 Å². The van der Waals surface area contributed by atoms with Crippen molar-refractivity contribution in [2.45, 2.75) is 0 Å². The van der Waals surface area contributed by atoms with E-state index in [-0.39, 0.29) is 0 Å². The van der Waals surface area contributed by atoms with Crippen molar-refractivity contribution in [3.05, 3.63) is 17.8 Å². The molecule has 5 nitrogen and oxygen atoms in total. The van der Waals surface area contributed by atoms with Crippen molar-refractivity contribution in [2.75, 3.05) is 14.2 Å². The monoisotopic (exact) mass is 217 g/mol. The fraction of sp³-hybridized carbons (Fsp3) is 0.273. The molecule has 0 bridgehead atoms. The van der Waals surface area contributed by atoms with Crippen LogP contribution in [-0.2, 0) is 7.05 Å². The summed E-state index contributed by atoms with van der Waals surface area (Å²) < 4.78 is 11.9. The first-order chi connectivity index (χ1) is 7.71. The maximum Gasteiger partial charge on any atom is 0.162 e. The van der Waals surface area contributed by atoms with Gasteiger partial charge in [0.2, 0.25) is 0 Å². The van der Waals surface area contributed by atoms with Gasteiger partial charge in [-0.15, -0.1) is 0 Å². The van der Waals surface area contributed by atoms with Crippen molar-refractivity contribution in [3.8, 4) is 17.6 Å². The Morgan fingerprint density at radius 2 is 1.88 bits per heavy atom. The zero-order valence-corrected chi connectivity index (χ0v) is 9.31. The lowest BCUT2D eigenvalue weighted by Crippen LogP contribution is -1.92. The molecule has 0 spiro atoms. The largest absolute Gasteiger partial charge is 0.493 e. The summed E-state index contributed by atoms with van der Waals surface area (Å²) in [5.74, 6) is 1.21. The number of ether oxygens (including phenoxy) is 2. The molecule has 0 fully saturated rings. The number of hydrogen-bond donors (Lipinski definition) is 0. The van der Waals surface area contributed by atoms with Gasteiger partial charge in [-0.25, -0.2) is 0 Å². The molecule has 0 amide bonds. The van der Waals surface area contributed by atoms with E-state index in [0.717, 1.165) is 10.9 Å². The average Bonchev–Trinajstić information content (AvgIpc) is 2.61. The van der Waals surface area contributed by atoms with Gasteiger partial charge in [0.05, 0.1) is 19.7 Å². The molecule has 0 radical (unpaired) electrons. The van der Waals surface area contributed by atoms with Crippen LogP contribution in [0, 0.1) is 11.3 Å². The quantitative estimate of drug-likeness (QED) is 0.764. The Morgan fingerprint density at radius 1 is 1.25 bits per heavy atom. The number of benzene rings is 1. The maximum absolute atomic E-state index is 9.01. The molecule has 1 aromatic carbocycles. The Morgan fingerprint density at radius 3 is 2.44 bits per heavy atom. The number of aromatic nitrogens is 2. The summed E-state index contributed by atoms with van der Waals surface area (Å²) in [5, 5.41) is 14.0. The van der Waals surface area contributed by atoms with Crippen LogP contribution in [-0.4, -0.2) is 24.0 Å². The number of hydrogen-bond acceptors (Lipinski definition) is 4. The highest BCUT2D eigenvalue weighted by Gasteiger charge is 2.13. The van der Waals surface area contributed by atoms with Gasteiger partial charge in [-0.2, -0.15) is 10.4 Å². The fourth-order valence-corrected chi connectivity index (χ4v) is 1.66. The highest BCUT2D eigenvalue weighted by Crippen LogP contribution is 2.32. The second kappa shape index (κ2) is 3.74. The molecule has 2 aromatic rings. The molecular weight excluding hydrogens is 206 g/mol. The number of aryl methyl sites for hydroxylation is 1. The van der Waals surface area contributed by atoms with E-state index in [1.165, 1.54) is 0 Å². The van der Waals surface area contributed by atoms with Gasteiger partial charge in [-0.05, 0) is 6.07 Å².